The summed E-state index contributed by atoms with van der Waals surface area (Å²) in [5, 5.41) is 3.09. The van der Waals surface area contributed by atoms with E-state index in [9.17, 15) is 14.4 Å². The Balaban J connectivity index is 1.79. The summed E-state index contributed by atoms with van der Waals surface area (Å²) in [7, 11) is 1.53. The first-order valence-corrected chi connectivity index (χ1v) is 8.77. The Bertz CT molecular complexity index is 801. The summed E-state index contributed by atoms with van der Waals surface area (Å²) in [6.07, 6.45) is -0.255. The van der Waals surface area contributed by atoms with E-state index in [4.69, 9.17) is 14.2 Å². The fraction of sp³-hybridized carbons (Fsp3) is 0.286. The molecule has 2 atom stereocenters. The number of esters is 2. The third-order valence-corrected chi connectivity index (χ3v) is 3.94. The van der Waals surface area contributed by atoms with E-state index in [2.05, 4.69) is 5.32 Å². The standard InChI is InChI=1S/C21H23NO6/c1-14(12-22-18-8-4-16(13-23)5-9-18)20(24)27-15(2)28-21(25)17-6-10-19(26-3)11-7-17/h4-11,13-15,22H,12H2,1-3H3. The molecule has 2 aromatic rings. The second-order valence-electron chi connectivity index (χ2n) is 6.16. The Morgan fingerprint density at radius 2 is 1.64 bits per heavy atom. The molecule has 0 aromatic heterocycles. The number of ether oxygens (including phenoxy) is 3. The van der Waals surface area contributed by atoms with E-state index >= 15 is 0 Å². The fourth-order valence-electron chi connectivity index (χ4n) is 2.28. The Hall–Kier alpha value is -3.35. The van der Waals surface area contributed by atoms with Crippen molar-refractivity contribution in [1.82, 2.24) is 0 Å². The monoisotopic (exact) mass is 385 g/mol. The zero-order chi connectivity index (χ0) is 20.5. The largest absolute Gasteiger partial charge is 0.497 e. The predicted octanol–water partition coefficient (Wildman–Crippen LogP) is 3.30. The number of carbonyl (C=O) groups excluding carboxylic acids is 3. The van der Waals surface area contributed by atoms with E-state index in [1.165, 1.54) is 14.0 Å². The lowest BCUT2D eigenvalue weighted by Crippen LogP contribution is -2.28. The second kappa shape index (κ2) is 10.1. The van der Waals surface area contributed by atoms with Gasteiger partial charge in [-0.1, -0.05) is 6.92 Å². The zero-order valence-electron chi connectivity index (χ0n) is 16.0. The van der Waals surface area contributed by atoms with Gasteiger partial charge in [-0.2, -0.15) is 0 Å². The van der Waals surface area contributed by atoms with Gasteiger partial charge < -0.3 is 19.5 Å². The van der Waals surface area contributed by atoms with E-state index in [1.807, 2.05) is 0 Å². The minimum absolute atomic E-state index is 0.331. The predicted molar refractivity (Wildman–Crippen MR) is 103 cm³/mol. The molecule has 0 bridgehead atoms. The van der Waals surface area contributed by atoms with E-state index in [1.54, 1.807) is 55.5 Å². The van der Waals surface area contributed by atoms with Gasteiger partial charge in [0.1, 0.15) is 12.0 Å². The number of benzene rings is 2. The van der Waals surface area contributed by atoms with Crippen molar-refractivity contribution in [2.75, 3.05) is 19.0 Å². The van der Waals surface area contributed by atoms with Crippen LogP contribution in [0.15, 0.2) is 48.5 Å². The summed E-state index contributed by atoms with van der Waals surface area (Å²) in [5.41, 5.74) is 1.69. The average Bonchev–Trinajstić information content (AvgIpc) is 2.72. The maximum Gasteiger partial charge on any atom is 0.341 e. The number of methoxy groups -OCH3 is 1. The van der Waals surface area contributed by atoms with Crippen LogP contribution in [0.3, 0.4) is 0 Å². The molecular weight excluding hydrogens is 362 g/mol. The first kappa shape index (κ1) is 21.0. The summed E-state index contributed by atoms with van der Waals surface area (Å²) in [6, 6.07) is 13.3. The van der Waals surface area contributed by atoms with Crippen molar-refractivity contribution in [3.63, 3.8) is 0 Å². The van der Waals surface area contributed by atoms with Gasteiger partial charge in [0.25, 0.3) is 0 Å². The van der Waals surface area contributed by atoms with Crippen LogP contribution in [0, 0.1) is 5.92 Å². The van der Waals surface area contributed by atoms with Crippen molar-refractivity contribution >= 4 is 23.9 Å². The molecule has 7 nitrogen and oxygen atoms in total. The molecule has 2 aromatic carbocycles. The number of aldehydes is 1. The lowest BCUT2D eigenvalue weighted by atomic mass is 10.1. The first-order chi connectivity index (χ1) is 13.4. The van der Waals surface area contributed by atoms with E-state index < -0.39 is 24.1 Å². The van der Waals surface area contributed by atoms with Crippen LogP contribution in [-0.4, -0.2) is 38.2 Å². The van der Waals surface area contributed by atoms with Crippen molar-refractivity contribution in [3.05, 3.63) is 59.7 Å². The number of rotatable bonds is 9. The quantitative estimate of drug-likeness (QED) is 0.402. The highest BCUT2D eigenvalue weighted by Crippen LogP contribution is 2.14. The van der Waals surface area contributed by atoms with Crippen molar-refractivity contribution in [2.24, 2.45) is 5.92 Å². The molecule has 2 unspecified atom stereocenters. The molecule has 2 rings (SSSR count). The smallest absolute Gasteiger partial charge is 0.341 e. The maximum absolute atomic E-state index is 12.2. The lowest BCUT2D eigenvalue weighted by Gasteiger charge is -2.18. The van der Waals surface area contributed by atoms with Gasteiger partial charge in [0.2, 0.25) is 6.29 Å². The van der Waals surface area contributed by atoms with Crippen LogP contribution in [0.1, 0.15) is 34.6 Å². The highest BCUT2D eigenvalue weighted by molar-refractivity contribution is 5.89. The molecule has 148 valence electrons. The van der Waals surface area contributed by atoms with Crippen LogP contribution in [0.25, 0.3) is 0 Å². The van der Waals surface area contributed by atoms with Crippen molar-refractivity contribution in [1.29, 1.82) is 0 Å². The molecule has 1 N–H and O–H groups in total. The van der Waals surface area contributed by atoms with Crippen LogP contribution < -0.4 is 10.1 Å². The Morgan fingerprint density at radius 3 is 2.21 bits per heavy atom. The third kappa shape index (κ3) is 6.12. The normalized spacial score (nSPS) is 12.4. The van der Waals surface area contributed by atoms with Crippen LogP contribution in [-0.2, 0) is 14.3 Å². The van der Waals surface area contributed by atoms with Gasteiger partial charge in [-0.15, -0.1) is 0 Å². The van der Waals surface area contributed by atoms with Gasteiger partial charge in [-0.05, 0) is 48.5 Å². The van der Waals surface area contributed by atoms with Gasteiger partial charge in [0, 0.05) is 24.7 Å². The molecule has 0 fully saturated rings. The molecule has 28 heavy (non-hydrogen) atoms. The first-order valence-electron chi connectivity index (χ1n) is 8.77. The van der Waals surface area contributed by atoms with Crippen molar-refractivity contribution in [2.45, 2.75) is 20.1 Å². The number of nitrogens with one attached hydrogen (secondary N) is 1. The minimum Gasteiger partial charge on any atom is -0.497 e. The molecule has 0 amide bonds. The lowest BCUT2D eigenvalue weighted by molar-refractivity contribution is -0.169. The summed E-state index contributed by atoms with van der Waals surface area (Å²) in [5.74, 6) is -0.929. The third-order valence-electron chi connectivity index (χ3n) is 3.94. The van der Waals surface area contributed by atoms with Crippen molar-refractivity contribution in [3.8, 4) is 5.75 Å². The van der Waals surface area contributed by atoms with Gasteiger partial charge >= 0.3 is 11.9 Å². The van der Waals surface area contributed by atoms with Gasteiger partial charge in [0.05, 0.1) is 18.6 Å². The van der Waals surface area contributed by atoms with Gasteiger partial charge in [-0.3, -0.25) is 9.59 Å². The van der Waals surface area contributed by atoms with Crippen LogP contribution in [0.5, 0.6) is 5.75 Å². The molecule has 0 heterocycles. The number of anilines is 1. The molecule has 0 saturated carbocycles. The van der Waals surface area contributed by atoms with E-state index in [0.29, 0.717) is 23.4 Å². The zero-order valence-corrected chi connectivity index (χ0v) is 16.0. The summed E-state index contributed by atoms with van der Waals surface area (Å²) < 4.78 is 15.4. The number of carbonyl (C=O) groups is 3. The molecule has 0 saturated heterocycles. The highest BCUT2D eigenvalue weighted by Gasteiger charge is 2.20. The van der Waals surface area contributed by atoms with Crippen molar-refractivity contribution < 1.29 is 28.6 Å². The highest BCUT2D eigenvalue weighted by atomic mass is 16.7. The van der Waals surface area contributed by atoms with Gasteiger partial charge in [-0.25, -0.2) is 4.79 Å². The van der Waals surface area contributed by atoms with Crippen LogP contribution >= 0.6 is 0 Å². The molecule has 0 aliphatic rings. The topological polar surface area (TPSA) is 90.9 Å². The van der Waals surface area contributed by atoms with E-state index in [-0.39, 0.29) is 0 Å². The Morgan fingerprint density at radius 1 is 1.00 bits per heavy atom. The van der Waals surface area contributed by atoms with Crippen LogP contribution in [0.2, 0.25) is 0 Å². The Labute approximate surface area is 163 Å². The molecular formula is C21H23NO6. The second-order valence-corrected chi connectivity index (χ2v) is 6.16. The Kier molecular flexibility index (Phi) is 7.56. The summed E-state index contributed by atoms with van der Waals surface area (Å²) in [6.45, 7) is 3.52. The number of hydrogen-bond acceptors (Lipinski definition) is 7. The molecule has 0 aliphatic heterocycles. The number of hydrogen-bond donors (Lipinski definition) is 1. The van der Waals surface area contributed by atoms with Crippen LogP contribution in [0.4, 0.5) is 5.69 Å². The fourth-order valence-corrected chi connectivity index (χ4v) is 2.28. The SMILES string of the molecule is COc1ccc(C(=O)OC(C)OC(=O)C(C)CNc2ccc(C=O)cc2)cc1. The minimum atomic E-state index is -1.02. The average molecular weight is 385 g/mol. The van der Waals surface area contributed by atoms with Gasteiger partial charge in [0.15, 0.2) is 0 Å². The molecule has 0 radical (unpaired) electrons. The molecule has 0 spiro atoms. The summed E-state index contributed by atoms with van der Waals surface area (Å²) in [4.78, 5) is 34.9. The molecule has 7 heteroatoms. The summed E-state index contributed by atoms with van der Waals surface area (Å²) >= 11 is 0. The molecule has 0 aliphatic carbocycles. The maximum atomic E-state index is 12.2. The van der Waals surface area contributed by atoms with E-state index in [0.717, 1.165) is 12.0 Å².